The molecule has 6 nitrogen and oxygen atoms in total. The fraction of sp³-hybridized carbons (Fsp3) is 0.190. The summed E-state index contributed by atoms with van der Waals surface area (Å²) < 4.78 is 0. The molecule has 0 spiro atoms. The predicted octanol–water partition coefficient (Wildman–Crippen LogP) is 2.59. The Labute approximate surface area is 158 Å². The van der Waals surface area contributed by atoms with Crippen LogP contribution in [0.3, 0.4) is 0 Å². The minimum Gasteiger partial charge on any atom is -0.377 e. The van der Waals surface area contributed by atoms with Gasteiger partial charge in [0.15, 0.2) is 0 Å². The van der Waals surface area contributed by atoms with Gasteiger partial charge in [-0.25, -0.2) is 4.98 Å². The number of carbonyl (C=O) groups is 2. The minimum atomic E-state index is -0.255. The molecule has 0 fully saturated rings. The average molecular weight is 362 g/mol. The highest BCUT2D eigenvalue weighted by Crippen LogP contribution is 2.25. The molecule has 1 aromatic heterocycles. The molecule has 0 aliphatic heterocycles. The summed E-state index contributed by atoms with van der Waals surface area (Å²) in [5, 5.41) is 6.47. The molecule has 1 heterocycles. The van der Waals surface area contributed by atoms with Gasteiger partial charge in [-0.2, -0.15) is 0 Å². The lowest BCUT2D eigenvalue weighted by Gasteiger charge is -2.16. The maximum Gasteiger partial charge on any atom is 0.270 e. The SMILES string of the molecule is CNC(=O)c1cccc(CNC(=O)c2cc(N(C)C)c3ccccc3n2)c1. The van der Waals surface area contributed by atoms with Gasteiger partial charge in [0, 0.05) is 44.3 Å². The van der Waals surface area contributed by atoms with Gasteiger partial charge in [-0.15, -0.1) is 0 Å². The smallest absolute Gasteiger partial charge is 0.270 e. The molecule has 3 rings (SSSR count). The first-order valence-electron chi connectivity index (χ1n) is 8.66. The first-order chi connectivity index (χ1) is 13.0. The van der Waals surface area contributed by atoms with E-state index in [1.165, 1.54) is 0 Å². The van der Waals surface area contributed by atoms with Gasteiger partial charge in [0.25, 0.3) is 11.8 Å². The molecule has 0 saturated carbocycles. The zero-order valence-corrected chi connectivity index (χ0v) is 15.6. The fourth-order valence-corrected chi connectivity index (χ4v) is 2.88. The van der Waals surface area contributed by atoms with E-state index in [1.54, 1.807) is 31.3 Å². The zero-order valence-electron chi connectivity index (χ0n) is 15.6. The average Bonchev–Trinajstić information content (AvgIpc) is 2.70. The maximum atomic E-state index is 12.6. The van der Waals surface area contributed by atoms with Crippen LogP contribution in [0.25, 0.3) is 10.9 Å². The summed E-state index contributed by atoms with van der Waals surface area (Å²) in [5.74, 6) is -0.413. The standard InChI is InChI=1S/C21H22N4O2/c1-22-20(26)15-8-6-7-14(11-15)13-23-21(27)18-12-19(25(2)3)16-9-4-5-10-17(16)24-18/h4-12H,13H2,1-3H3,(H,22,26)(H,23,27). The van der Waals surface area contributed by atoms with Gasteiger partial charge >= 0.3 is 0 Å². The third-order valence-electron chi connectivity index (χ3n) is 4.28. The molecule has 6 heteroatoms. The maximum absolute atomic E-state index is 12.6. The monoisotopic (exact) mass is 362 g/mol. The second-order valence-electron chi connectivity index (χ2n) is 6.40. The molecule has 0 atom stereocenters. The number of benzene rings is 2. The second-order valence-corrected chi connectivity index (χ2v) is 6.40. The topological polar surface area (TPSA) is 74.3 Å². The number of pyridine rings is 1. The normalized spacial score (nSPS) is 10.5. The third-order valence-corrected chi connectivity index (χ3v) is 4.28. The van der Waals surface area contributed by atoms with Crippen LogP contribution < -0.4 is 15.5 Å². The van der Waals surface area contributed by atoms with E-state index in [1.807, 2.05) is 49.3 Å². The Morgan fingerprint density at radius 1 is 1.00 bits per heavy atom. The molecule has 27 heavy (non-hydrogen) atoms. The summed E-state index contributed by atoms with van der Waals surface area (Å²) in [6.07, 6.45) is 0. The van der Waals surface area contributed by atoms with E-state index in [4.69, 9.17) is 0 Å². The van der Waals surface area contributed by atoms with Crippen molar-refractivity contribution in [1.29, 1.82) is 0 Å². The van der Waals surface area contributed by atoms with Crippen LogP contribution in [0, 0.1) is 0 Å². The van der Waals surface area contributed by atoms with Crippen molar-refractivity contribution in [2.45, 2.75) is 6.54 Å². The van der Waals surface area contributed by atoms with Gasteiger partial charge in [-0.1, -0.05) is 30.3 Å². The lowest BCUT2D eigenvalue weighted by Crippen LogP contribution is -2.25. The number of amides is 2. The van der Waals surface area contributed by atoms with Crippen LogP contribution in [-0.2, 0) is 6.54 Å². The Bertz CT molecular complexity index is 998. The molecule has 0 saturated heterocycles. The number of aromatic nitrogens is 1. The summed E-state index contributed by atoms with van der Waals surface area (Å²) in [7, 11) is 5.46. The van der Waals surface area contributed by atoms with Crippen molar-refractivity contribution in [2.75, 3.05) is 26.0 Å². The van der Waals surface area contributed by atoms with Crippen LogP contribution in [-0.4, -0.2) is 37.9 Å². The quantitative estimate of drug-likeness (QED) is 0.732. The van der Waals surface area contributed by atoms with Crippen molar-refractivity contribution < 1.29 is 9.59 Å². The third kappa shape index (κ3) is 4.06. The number of hydrogen-bond donors (Lipinski definition) is 2. The number of nitrogens with one attached hydrogen (secondary N) is 2. The molecule has 0 unspecified atom stereocenters. The van der Waals surface area contributed by atoms with Crippen molar-refractivity contribution in [3.05, 3.63) is 71.4 Å². The zero-order chi connectivity index (χ0) is 19.4. The number of hydrogen-bond acceptors (Lipinski definition) is 4. The van der Waals surface area contributed by atoms with Crippen LogP contribution >= 0.6 is 0 Å². The van der Waals surface area contributed by atoms with Gasteiger partial charge < -0.3 is 15.5 Å². The van der Waals surface area contributed by atoms with Crippen LogP contribution in [0.2, 0.25) is 0 Å². The summed E-state index contributed by atoms with van der Waals surface area (Å²) in [4.78, 5) is 30.8. The molecular formula is C21H22N4O2. The molecule has 3 aromatic rings. The van der Waals surface area contributed by atoms with E-state index in [-0.39, 0.29) is 11.8 Å². The van der Waals surface area contributed by atoms with Crippen molar-refractivity contribution in [1.82, 2.24) is 15.6 Å². The predicted molar refractivity (Wildman–Crippen MR) is 107 cm³/mol. The summed E-state index contributed by atoms with van der Waals surface area (Å²) in [6, 6.07) is 16.7. The highest BCUT2D eigenvalue weighted by Gasteiger charge is 2.13. The van der Waals surface area contributed by atoms with Gasteiger partial charge in [0.2, 0.25) is 0 Å². The Hall–Kier alpha value is -3.41. The van der Waals surface area contributed by atoms with E-state index in [2.05, 4.69) is 15.6 Å². The Kier molecular flexibility index (Phi) is 5.35. The lowest BCUT2D eigenvalue weighted by molar-refractivity contribution is 0.0944. The van der Waals surface area contributed by atoms with Gasteiger partial charge in [-0.3, -0.25) is 9.59 Å². The van der Waals surface area contributed by atoms with Crippen LogP contribution in [0.15, 0.2) is 54.6 Å². The number of carbonyl (C=O) groups excluding carboxylic acids is 2. The summed E-state index contributed by atoms with van der Waals surface area (Å²) in [5.41, 5.74) is 3.48. The first kappa shape index (κ1) is 18.4. The lowest BCUT2D eigenvalue weighted by atomic mass is 10.1. The molecule has 0 bridgehead atoms. The second kappa shape index (κ2) is 7.86. The van der Waals surface area contributed by atoms with Crippen LogP contribution in [0.1, 0.15) is 26.4 Å². The van der Waals surface area contributed by atoms with E-state index in [0.717, 1.165) is 22.2 Å². The Morgan fingerprint density at radius 2 is 1.78 bits per heavy atom. The van der Waals surface area contributed by atoms with Gasteiger partial charge in [0.1, 0.15) is 5.69 Å². The molecule has 0 radical (unpaired) electrons. The van der Waals surface area contributed by atoms with Crippen molar-refractivity contribution in [3.63, 3.8) is 0 Å². The van der Waals surface area contributed by atoms with Gasteiger partial charge in [-0.05, 0) is 29.8 Å². The number of nitrogens with zero attached hydrogens (tertiary/aromatic N) is 2. The highest BCUT2D eigenvalue weighted by atomic mass is 16.2. The molecule has 138 valence electrons. The van der Waals surface area contributed by atoms with Crippen LogP contribution in [0.5, 0.6) is 0 Å². The van der Waals surface area contributed by atoms with E-state index >= 15 is 0 Å². The van der Waals surface area contributed by atoms with Crippen molar-refractivity contribution in [3.8, 4) is 0 Å². The molecular weight excluding hydrogens is 340 g/mol. The summed E-state index contributed by atoms with van der Waals surface area (Å²) in [6.45, 7) is 0.315. The Morgan fingerprint density at radius 3 is 2.52 bits per heavy atom. The number of para-hydroxylation sites is 1. The van der Waals surface area contributed by atoms with E-state index in [9.17, 15) is 9.59 Å². The molecule has 2 N–H and O–H groups in total. The minimum absolute atomic E-state index is 0.157. The number of fused-ring (bicyclic) bond motifs is 1. The van der Waals surface area contributed by atoms with Crippen molar-refractivity contribution >= 4 is 28.4 Å². The van der Waals surface area contributed by atoms with Gasteiger partial charge in [0.05, 0.1) is 5.52 Å². The molecule has 2 aromatic carbocycles. The number of rotatable bonds is 5. The summed E-state index contributed by atoms with van der Waals surface area (Å²) >= 11 is 0. The van der Waals surface area contributed by atoms with Crippen LogP contribution in [0.4, 0.5) is 5.69 Å². The Balaban J connectivity index is 1.82. The largest absolute Gasteiger partial charge is 0.377 e. The molecule has 0 aliphatic rings. The van der Waals surface area contributed by atoms with E-state index < -0.39 is 0 Å². The van der Waals surface area contributed by atoms with Crippen molar-refractivity contribution in [2.24, 2.45) is 0 Å². The van der Waals surface area contributed by atoms with E-state index in [0.29, 0.717) is 17.8 Å². The highest BCUT2D eigenvalue weighted by molar-refractivity contribution is 6.00. The fourth-order valence-electron chi connectivity index (χ4n) is 2.88. The number of anilines is 1. The molecule has 2 amide bonds. The molecule has 0 aliphatic carbocycles. The first-order valence-corrected chi connectivity index (χ1v) is 8.66.